The van der Waals surface area contributed by atoms with E-state index < -0.39 is 17.5 Å². The summed E-state index contributed by atoms with van der Waals surface area (Å²) < 4.78 is 11.1. The van der Waals surface area contributed by atoms with E-state index in [1.165, 1.54) is 0 Å². The molecule has 0 saturated heterocycles. The van der Waals surface area contributed by atoms with Crippen LogP contribution in [0.1, 0.15) is 42.3 Å². The highest BCUT2D eigenvalue weighted by atomic mass is 16.6. The van der Waals surface area contributed by atoms with Gasteiger partial charge in [-0.15, -0.1) is 0 Å². The third-order valence-electron chi connectivity index (χ3n) is 3.78. The largest absolute Gasteiger partial charge is 0.478 e. The molecule has 2 unspecified atom stereocenters. The number of ketones is 1. The van der Waals surface area contributed by atoms with Crippen molar-refractivity contribution in [1.82, 2.24) is 0 Å². The maximum absolute atomic E-state index is 12.3. The van der Waals surface area contributed by atoms with Crippen LogP contribution in [0, 0.1) is 0 Å². The highest BCUT2D eigenvalue weighted by Crippen LogP contribution is 2.41. The number of hydrogen-bond donors (Lipinski definition) is 2. The van der Waals surface area contributed by atoms with Crippen LogP contribution in [-0.2, 0) is 17.8 Å². The molecular weight excluding hydrogens is 260 g/mol. The van der Waals surface area contributed by atoms with Gasteiger partial charge >= 0.3 is 0 Å². The van der Waals surface area contributed by atoms with Gasteiger partial charge in [0.05, 0.1) is 12.2 Å². The molecule has 108 valence electrons. The lowest BCUT2D eigenvalue weighted by atomic mass is 9.92. The Hall–Kier alpha value is -1.43. The molecule has 2 atom stereocenters. The molecule has 3 rings (SSSR count). The van der Waals surface area contributed by atoms with Gasteiger partial charge in [-0.2, -0.15) is 0 Å². The molecule has 2 N–H and O–H groups in total. The number of hydrogen-bond acceptors (Lipinski definition) is 5. The zero-order chi connectivity index (χ0) is 14.7. The molecule has 0 aromatic heterocycles. The Kier molecular flexibility index (Phi) is 2.73. The first kappa shape index (κ1) is 13.5. The Morgan fingerprint density at radius 2 is 2.10 bits per heavy atom. The maximum Gasteiger partial charge on any atom is 0.210 e. The minimum Gasteiger partial charge on any atom is -0.478 e. The fraction of sp³-hybridized carbons (Fsp3) is 0.533. The minimum atomic E-state index is -1.25. The van der Waals surface area contributed by atoms with Gasteiger partial charge in [-0.3, -0.25) is 4.79 Å². The minimum absolute atomic E-state index is 0.192. The predicted molar refractivity (Wildman–Crippen MR) is 70.6 cm³/mol. The number of Topliss-reactive ketones (excluding diaryl/α,β-unsaturated/α-hetero) is 1. The van der Waals surface area contributed by atoms with Gasteiger partial charge < -0.3 is 19.7 Å². The second-order valence-corrected chi connectivity index (χ2v) is 6.24. The standard InChI is InChI=1S/C15H18O5/c1-14(2,17)13-11(16)9-5-4-8-6-15(3,18)19-7-10(8)12(9)20-13/h4-5,13,17-18H,6-7H2,1-3H3. The first-order chi connectivity index (χ1) is 9.19. The maximum atomic E-state index is 12.3. The molecule has 0 bridgehead atoms. The van der Waals surface area contributed by atoms with Crippen LogP contribution >= 0.6 is 0 Å². The average Bonchev–Trinajstić information content (AvgIpc) is 2.65. The third-order valence-corrected chi connectivity index (χ3v) is 3.78. The molecular formula is C15H18O5. The number of fused-ring (bicyclic) bond motifs is 3. The molecule has 2 heterocycles. The molecule has 1 aromatic carbocycles. The van der Waals surface area contributed by atoms with Crippen molar-refractivity contribution in [3.8, 4) is 5.75 Å². The smallest absolute Gasteiger partial charge is 0.210 e. The van der Waals surface area contributed by atoms with Crippen LogP contribution in [0.2, 0.25) is 0 Å². The number of ether oxygens (including phenoxy) is 2. The van der Waals surface area contributed by atoms with E-state index in [0.717, 1.165) is 11.1 Å². The highest BCUT2D eigenvalue weighted by molar-refractivity contribution is 6.05. The zero-order valence-electron chi connectivity index (χ0n) is 11.8. The van der Waals surface area contributed by atoms with Crippen LogP contribution in [0.15, 0.2) is 12.1 Å². The first-order valence-electron chi connectivity index (χ1n) is 6.63. The lowest BCUT2D eigenvalue weighted by Gasteiger charge is -2.31. The van der Waals surface area contributed by atoms with E-state index in [2.05, 4.69) is 0 Å². The lowest BCUT2D eigenvalue weighted by Crippen LogP contribution is -2.43. The van der Waals surface area contributed by atoms with Gasteiger partial charge in [0, 0.05) is 12.0 Å². The number of carbonyl (C=O) groups is 1. The SMILES string of the molecule is CC1(O)Cc2ccc3c(c2CO1)OC(C(C)(C)O)C3=O. The predicted octanol–water partition coefficient (Wildman–Crippen LogP) is 1.18. The first-order valence-corrected chi connectivity index (χ1v) is 6.63. The van der Waals surface area contributed by atoms with Crippen molar-refractivity contribution in [3.05, 3.63) is 28.8 Å². The van der Waals surface area contributed by atoms with Crippen molar-refractivity contribution in [1.29, 1.82) is 0 Å². The fourth-order valence-corrected chi connectivity index (χ4v) is 2.73. The molecule has 1 aromatic rings. The van der Waals surface area contributed by atoms with E-state index in [4.69, 9.17) is 9.47 Å². The topological polar surface area (TPSA) is 76.0 Å². The average molecular weight is 278 g/mol. The fourth-order valence-electron chi connectivity index (χ4n) is 2.73. The van der Waals surface area contributed by atoms with Gasteiger partial charge in [-0.1, -0.05) is 6.07 Å². The summed E-state index contributed by atoms with van der Waals surface area (Å²) in [7, 11) is 0. The molecule has 0 amide bonds. The summed E-state index contributed by atoms with van der Waals surface area (Å²) in [5.74, 6) is -0.928. The van der Waals surface area contributed by atoms with Crippen molar-refractivity contribution in [2.24, 2.45) is 0 Å². The number of rotatable bonds is 1. The summed E-state index contributed by atoms with van der Waals surface area (Å²) in [4.78, 5) is 12.3. The van der Waals surface area contributed by atoms with Crippen molar-refractivity contribution >= 4 is 5.78 Å². The molecule has 0 aliphatic carbocycles. The number of benzene rings is 1. The Balaban J connectivity index is 2.04. The second kappa shape index (κ2) is 4.04. The van der Waals surface area contributed by atoms with E-state index in [1.54, 1.807) is 26.8 Å². The van der Waals surface area contributed by atoms with Crippen LogP contribution < -0.4 is 4.74 Å². The van der Waals surface area contributed by atoms with Crippen molar-refractivity contribution in [2.75, 3.05) is 0 Å². The Morgan fingerprint density at radius 1 is 1.40 bits per heavy atom. The van der Waals surface area contributed by atoms with Gasteiger partial charge in [0.15, 0.2) is 11.9 Å². The summed E-state index contributed by atoms with van der Waals surface area (Å²) in [6, 6.07) is 3.52. The van der Waals surface area contributed by atoms with Gasteiger partial charge in [0.2, 0.25) is 5.78 Å². The summed E-state index contributed by atoms with van der Waals surface area (Å²) in [5, 5.41) is 20.0. The normalized spacial score (nSPS) is 28.9. The molecule has 0 spiro atoms. The summed E-state index contributed by atoms with van der Waals surface area (Å²) in [6.45, 7) is 4.90. The van der Waals surface area contributed by atoms with Gasteiger partial charge in [-0.25, -0.2) is 0 Å². The monoisotopic (exact) mass is 278 g/mol. The third kappa shape index (κ3) is 2.02. The van der Waals surface area contributed by atoms with Crippen LogP contribution in [0.4, 0.5) is 0 Å². The molecule has 0 saturated carbocycles. The second-order valence-electron chi connectivity index (χ2n) is 6.24. The molecule has 2 aliphatic heterocycles. The van der Waals surface area contributed by atoms with Gasteiger partial charge in [0.1, 0.15) is 11.4 Å². The Morgan fingerprint density at radius 3 is 2.75 bits per heavy atom. The summed E-state index contributed by atoms with van der Waals surface area (Å²) in [5.41, 5.74) is 0.920. The lowest BCUT2D eigenvalue weighted by molar-refractivity contribution is -0.204. The molecule has 0 radical (unpaired) electrons. The van der Waals surface area contributed by atoms with Crippen molar-refractivity contribution in [2.45, 2.75) is 51.3 Å². The number of aliphatic hydroxyl groups is 2. The molecule has 5 nitrogen and oxygen atoms in total. The van der Waals surface area contributed by atoms with E-state index in [9.17, 15) is 15.0 Å². The van der Waals surface area contributed by atoms with Gasteiger partial charge in [0.25, 0.3) is 0 Å². The molecule has 2 aliphatic rings. The quantitative estimate of drug-likeness (QED) is 0.807. The van der Waals surface area contributed by atoms with Crippen LogP contribution in [0.3, 0.4) is 0 Å². The van der Waals surface area contributed by atoms with E-state index in [1.807, 2.05) is 6.07 Å². The van der Waals surface area contributed by atoms with Gasteiger partial charge in [-0.05, 0) is 32.4 Å². The Labute approximate surface area is 117 Å². The summed E-state index contributed by atoms with van der Waals surface area (Å²) >= 11 is 0. The Bertz CT molecular complexity index is 583. The molecule has 0 fully saturated rings. The van der Waals surface area contributed by atoms with E-state index in [0.29, 0.717) is 17.7 Å². The van der Waals surface area contributed by atoms with Crippen molar-refractivity contribution < 1.29 is 24.5 Å². The highest BCUT2D eigenvalue weighted by Gasteiger charge is 2.44. The van der Waals surface area contributed by atoms with Crippen molar-refractivity contribution in [3.63, 3.8) is 0 Å². The van der Waals surface area contributed by atoms with Crippen LogP contribution in [0.5, 0.6) is 5.75 Å². The summed E-state index contributed by atoms with van der Waals surface area (Å²) in [6.07, 6.45) is -0.549. The van der Waals surface area contributed by atoms with E-state index in [-0.39, 0.29) is 12.4 Å². The molecule has 5 heteroatoms. The van der Waals surface area contributed by atoms with Crippen LogP contribution in [0.25, 0.3) is 0 Å². The van der Waals surface area contributed by atoms with Crippen LogP contribution in [-0.4, -0.2) is 33.5 Å². The number of carbonyl (C=O) groups excluding carboxylic acids is 1. The molecule has 20 heavy (non-hydrogen) atoms. The zero-order valence-corrected chi connectivity index (χ0v) is 11.8. The van der Waals surface area contributed by atoms with E-state index >= 15 is 0 Å².